The summed E-state index contributed by atoms with van der Waals surface area (Å²) >= 11 is 0. The Balaban J connectivity index is 2.44. The van der Waals surface area contributed by atoms with Crippen LogP contribution in [0.4, 0.5) is 20.2 Å². The number of hydrogen-bond acceptors (Lipinski definition) is 3. The van der Waals surface area contributed by atoms with Crippen LogP contribution >= 0.6 is 0 Å². The number of carbonyl (C=O) groups excluding carboxylic acids is 1. The second-order valence-corrected chi connectivity index (χ2v) is 8.25. The van der Waals surface area contributed by atoms with Crippen LogP contribution in [0.3, 0.4) is 0 Å². The van der Waals surface area contributed by atoms with Gasteiger partial charge in [0, 0.05) is 11.8 Å². The summed E-state index contributed by atoms with van der Waals surface area (Å²) in [5, 5.41) is 2.47. The van der Waals surface area contributed by atoms with E-state index in [1.807, 2.05) is 13.0 Å². The van der Waals surface area contributed by atoms with Crippen molar-refractivity contribution < 1.29 is 22.0 Å². The minimum atomic E-state index is -3.78. The van der Waals surface area contributed by atoms with E-state index in [-0.39, 0.29) is 12.1 Å². The molecule has 0 bridgehead atoms. The van der Waals surface area contributed by atoms with Gasteiger partial charge in [0.25, 0.3) is 0 Å². The van der Waals surface area contributed by atoms with Gasteiger partial charge in [-0.2, -0.15) is 0 Å². The number of hydrogen-bond donors (Lipinski definition) is 1. The van der Waals surface area contributed by atoms with Crippen molar-refractivity contribution in [1.29, 1.82) is 0 Å². The number of halogens is 2. The molecule has 0 heterocycles. The van der Waals surface area contributed by atoms with E-state index >= 15 is 0 Å². The van der Waals surface area contributed by atoms with Crippen molar-refractivity contribution >= 4 is 27.3 Å². The predicted molar refractivity (Wildman–Crippen MR) is 102 cm³/mol. The number of rotatable bonds is 6. The van der Waals surface area contributed by atoms with E-state index in [1.54, 1.807) is 26.0 Å². The Bertz CT molecular complexity index is 961. The van der Waals surface area contributed by atoms with Gasteiger partial charge < -0.3 is 5.32 Å². The van der Waals surface area contributed by atoms with Crippen molar-refractivity contribution in [2.45, 2.75) is 33.2 Å². The fourth-order valence-corrected chi connectivity index (χ4v) is 4.05. The van der Waals surface area contributed by atoms with Crippen LogP contribution in [0.25, 0.3) is 0 Å². The summed E-state index contributed by atoms with van der Waals surface area (Å²) in [4.78, 5) is 12.8. The molecule has 27 heavy (non-hydrogen) atoms. The molecule has 5 nitrogen and oxygen atoms in total. The normalized spacial score (nSPS) is 12.5. The summed E-state index contributed by atoms with van der Waals surface area (Å²) in [6.07, 6.45) is 1.22. The molecule has 1 amide bonds. The lowest BCUT2D eigenvalue weighted by Gasteiger charge is -2.31. The van der Waals surface area contributed by atoms with Gasteiger partial charge >= 0.3 is 0 Å². The Morgan fingerprint density at radius 3 is 2.33 bits per heavy atom. The lowest BCUT2D eigenvalue weighted by atomic mass is 10.1. The molecule has 0 fully saturated rings. The molecule has 2 aromatic rings. The molecule has 0 aromatic heterocycles. The van der Waals surface area contributed by atoms with Crippen LogP contribution < -0.4 is 9.62 Å². The quantitative estimate of drug-likeness (QED) is 0.808. The molecule has 8 heteroatoms. The first-order chi connectivity index (χ1) is 12.5. The highest BCUT2D eigenvalue weighted by molar-refractivity contribution is 7.92. The number of aryl methyl sites for hydroxylation is 2. The van der Waals surface area contributed by atoms with E-state index in [4.69, 9.17) is 0 Å². The Morgan fingerprint density at radius 2 is 1.78 bits per heavy atom. The number of nitrogens with one attached hydrogen (secondary N) is 1. The zero-order valence-corrected chi connectivity index (χ0v) is 16.4. The largest absolute Gasteiger partial charge is 0.324 e. The SMILES string of the molecule is CCC(C(=O)Nc1ccc(F)c(F)c1)N(c1cc(C)ccc1C)S(C)(=O)=O. The van der Waals surface area contributed by atoms with Gasteiger partial charge in [0.05, 0.1) is 11.9 Å². The molecule has 146 valence electrons. The number of benzene rings is 2. The third-order valence-electron chi connectivity index (χ3n) is 4.12. The molecular formula is C19H22F2N2O3S. The number of amides is 1. The number of nitrogens with zero attached hydrogens (tertiary/aromatic N) is 1. The molecule has 0 aliphatic rings. The highest BCUT2D eigenvalue weighted by atomic mass is 32.2. The average molecular weight is 396 g/mol. The third-order valence-corrected chi connectivity index (χ3v) is 5.28. The number of sulfonamides is 1. The van der Waals surface area contributed by atoms with Crippen LogP contribution in [0.2, 0.25) is 0 Å². The second-order valence-electron chi connectivity index (χ2n) is 6.39. The van der Waals surface area contributed by atoms with Gasteiger partial charge in [0.1, 0.15) is 6.04 Å². The Morgan fingerprint density at radius 1 is 1.11 bits per heavy atom. The Hall–Kier alpha value is -2.48. The standard InChI is InChI=1S/C19H22F2N2O3S/c1-5-17(19(24)22-14-8-9-15(20)16(21)11-14)23(27(4,25)26)18-10-12(2)6-7-13(18)3/h6-11,17H,5H2,1-4H3,(H,22,24). The zero-order chi connectivity index (χ0) is 20.4. The van der Waals surface area contributed by atoms with Crippen LogP contribution in [0, 0.1) is 25.5 Å². The van der Waals surface area contributed by atoms with Crippen LogP contribution in [0.15, 0.2) is 36.4 Å². The zero-order valence-electron chi connectivity index (χ0n) is 15.6. The van der Waals surface area contributed by atoms with Crippen LogP contribution in [0.1, 0.15) is 24.5 Å². The summed E-state index contributed by atoms with van der Waals surface area (Å²) in [6.45, 7) is 5.26. The lowest BCUT2D eigenvalue weighted by Crippen LogP contribution is -2.47. The molecule has 0 aliphatic carbocycles. The lowest BCUT2D eigenvalue weighted by molar-refractivity contribution is -0.117. The summed E-state index contributed by atoms with van der Waals surface area (Å²) < 4.78 is 52.5. The van der Waals surface area contributed by atoms with Crippen LogP contribution in [0.5, 0.6) is 0 Å². The van der Waals surface area contributed by atoms with Gasteiger partial charge in [-0.05, 0) is 49.6 Å². The second kappa shape index (κ2) is 8.04. The molecular weight excluding hydrogens is 374 g/mol. The molecule has 0 aliphatic heterocycles. The first-order valence-corrected chi connectivity index (χ1v) is 10.2. The van der Waals surface area contributed by atoms with E-state index in [0.717, 1.165) is 28.3 Å². The molecule has 0 saturated carbocycles. The van der Waals surface area contributed by atoms with Gasteiger partial charge in [-0.1, -0.05) is 19.1 Å². The molecule has 0 saturated heterocycles. The van der Waals surface area contributed by atoms with Crippen molar-refractivity contribution in [1.82, 2.24) is 0 Å². The summed E-state index contributed by atoms with van der Waals surface area (Å²) in [5.74, 6) is -2.77. The molecule has 1 atom stereocenters. The van der Waals surface area contributed by atoms with Crippen LogP contribution in [-0.2, 0) is 14.8 Å². The van der Waals surface area contributed by atoms with E-state index in [0.29, 0.717) is 11.3 Å². The molecule has 1 N–H and O–H groups in total. The first kappa shape index (κ1) is 20.8. The van der Waals surface area contributed by atoms with Gasteiger partial charge in [0.15, 0.2) is 11.6 Å². The first-order valence-electron chi connectivity index (χ1n) is 8.37. The average Bonchev–Trinajstić information content (AvgIpc) is 2.57. The summed E-state index contributed by atoms with van der Waals surface area (Å²) in [6, 6.07) is 7.24. The van der Waals surface area contributed by atoms with Crippen molar-refractivity contribution in [2.75, 3.05) is 15.9 Å². The topological polar surface area (TPSA) is 66.5 Å². The maximum atomic E-state index is 13.4. The summed E-state index contributed by atoms with van der Waals surface area (Å²) in [5.41, 5.74) is 2.00. The van der Waals surface area contributed by atoms with Gasteiger partial charge in [-0.25, -0.2) is 17.2 Å². The molecule has 0 radical (unpaired) electrons. The number of carbonyl (C=O) groups is 1. The fourth-order valence-electron chi connectivity index (χ4n) is 2.79. The minimum absolute atomic E-state index is 0.0479. The maximum Gasteiger partial charge on any atom is 0.248 e. The van der Waals surface area contributed by atoms with Gasteiger partial charge in [-0.3, -0.25) is 9.10 Å². The van der Waals surface area contributed by atoms with E-state index in [1.165, 1.54) is 6.07 Å². The molecule has 1 unspecified atom stereocenters. The summed E-state index contributed by atoms with van der Waals surface area (Å²) in [7, 11) is -3.78. The van der Waals surface area contributed by atoms with Gasteiger partial charge in [0.2, 0.25) is 15.9 Å². The molecule has 2 rings (SSSR count). The monoisotopic (exact) mass is 396 g/mol. The smallest absolute Gasteiger partial charge is 0.248 e. The van der Waals surface area contributed by atoms with E-state index < -0.39 is 33.6 Å². The van der Waals surface area contributed by atoms with Crippen molar-refractivity contribution in [2.24, 2.45) is 0 Å². The Labute approximate surface area is 158 Å². The maximum absolute atomic E-state index is 13.4. The van der Waals surface area contributed by atoms with E-state index in [9.17, 15) is 22.0 Å². The van der Waals surface area contributed by atoms with Crippen LogP contribution in [-0.4, -0.2) is 26.6 Å². The fraction of sp³-hybridized carbons (Fsp3) is 0.316. The van der Waals surface area contributed by atoms with Crippen molar-refractivity contribution in [3.8, 4) is 0 Å². The van der Waals surface area contributed by atoms with Crippen molar-refractivity contribution in [3.05, 3.63) is 59.2 Å². The minimum Gasteiger partial charge on any atom is -0.324 e. The third kappa shape index (κ3) is 4.82. The predicted octanol–water partition coefficient (Wildman–Crippen LogP) is 3.76. The molecule has 0 spiro atoms. The molecule has 2 aromatic carbocycles. The highest BCUT2D eigenvalue weighted by Crippen LogP contribution is 2.28. The highest BCUT2D eigenvalue weighted by Gasteiger charge is 2.32. The van der Waals surface area contributed by atoms with Gasteiger partial charge in [-0.15, -0.1) is 0 Å². The van der Waals surface area contributed by atoms with E-state index in [2.05, 4.69) is 5.32 Å². The number of anilines is 2. The Kier molecular flexibility index (Phi) is 6.20. The van der Waals surface area contributed by atoms with Crippen molar-refractivity contribution in [3.63, 3.8) is 0 Å².